The molecular formula is C15H20N2O3. The number of likely N-dealkylation sites (N-methyl/N-ethyl adjacent to an activating group) is 1. The zero-order chi connectivity index (χ0) is 14.7. The van der Waals surface area contributed by atoms with E-state index >= 15 is 0 Å². The monoisotopic (exact) mass is 276 g/mol. The van der Waals surface area contributed by atoms with Gasteiger partial charge in [-0.15, -0.1) is 0 Å². The van der Waals surface area contributed by atoms with Crippen molar-refractivity contribution in [3.8, 4) is 5.75 Å². The molecule has 1 aromatic rings. The smallest absolute Gasteiger partial charge is 0.246 e. The first-order chi connectivity index (χ1) is 9.52. The second-order valence-corrected chi connectivity index (χ2v) is 4.94. The van der Waals surface area contributed by atoms with Gasteiger partial charge in [0, 0.05) is 13.1 Å². The van der Waals surface area contributed by atoms with Crippen molar-refractivity contribution >= 4 is 11.8 Å². The molecule has 0 radical (unpaired) electrons. The Morgan fingerprint density at radius 1 is 1.35 bits per heavy atom. The van der Waals surface area contributed by atoms with Crippen LogP contribution in [-0.2, 0) is 9.59 Å². The lowest BCUT2D eigenvalue weighted by Crippen LogP contribution is -2.38. The Morgan fingerprint density at radius 2 is 2.00 bits per heavy atom. The minimum absolute atomic E-state index is 0.000994. The van der Waals surface area contributed by atoms with Gasteiger partial charge in [0.25, 0.3) is 0 Å². The van der Waals surface area contributed by atoms with E-state index < -0.39 is 6.04 Å². The van der Waals surface area contributed by atoms with Crippen molar-refractivity contribution in [3.05, 3.63) is 29.8 Å². The van der Waals surface area contributed by atoms with Crippen LogP contribution in [0.3, 0.4) is 0 Å². The van der Waals surface area contributed by atoms with Crippen molar-refractivity contribution in [2.45, 2.75) is 32.4 Å². The maximum absolute atomic E-state index is 11.8. The molecule has 108 valence electrons. The lowest BCUT2D eigenvalue weighted by molar-refractivity contribution is -0.137. The zero-order valence-corrected chi connectivity index (χ0v) is 12.1. The maximum atomic E-state index is 11.8. The summed E-state index contributed by atoms with van der Waals surface area (Å²) in [5.74, 6) is 0.537. The van der Waals surface area contributed by atoms with Gasteiger partial charge in [0.15, 0.2) is 0 Å². The predicted molar refractivity (Wildman–Crippen MR) is 75.3 cm³/mol. The van der Waals surface area contributed by atoms with Gasteiger partial charge in [0.2, 0.25) is 11.8 Å². The lowest BCUT2D eigenvalue weighted by Gasteiger charge is -2.18. The Hall–Kier alpha value is -1.88. The molecule has 1 heterocycles. The van der Waals surface area contributed by atoms with Gasteiger partial charge in [0.05, 0.1) is 19.1 Å². The fourth-order valence-corrected chi connectivity index (χ4v) is 2.30. The Balaban J connectivity index is 1.99. The average molecular weight is 276 g/mol. The van der Waals surface area contributed by atoms with Crippen molar-refractivity contribution in [3.63, 3.8) is 0 Å². The highest BCUT2D eigenvalue weighted by Gasteiger charge is 2.36. The molecule has 1 aromatic carbocycles. The standard InChI is InChI=1S/C15H20N2O3/c1-4-20-12-7-5-11(6-8-12)10(2)16-13-9-14(18)17(3)15(13)19/h5-8,10,13,16H,4,9H2,1-3H3. The molecule has 1 aliphatic rings. The highest BCUT2D eigenvalue weighted by molar-refractivity contribution is 6.05. The minimum Gasteiger partial charge on any atom is -0.494 e. The lowest BCUT2D eigenvalue weighted by atomic mass is 10.1. The number of amides is 2. The van der Waals surface area contributed by atoms with Crippen LogP contribution in [0.2, 0.25) is 0 Å². The van der Waals surface area contributed by atoms with E-state index in [0.717, 1.165) is 11.3 Å². The first-order valence-electron chi connectivity index (χ1n) is 6.82. The number of imide groups is 1. The van der Waals surface area contributed by atoms with Crippen LogP contribution in [-0.4, -0.2) is 36.4 Å². The highest BCUT2D eigenvalue weighted by Crippen LogP contribution is 2.20. The molecule has 0 aliphatic carbocycles. The number of rotatable bonds is 5. The van der Waals surface area contributed by atoms with Gasteiger partial charge in [-0.2, -0.15) is 0 Å². The summed E-state index contributed by atoms with van der Waals surface area (Å²) in [5.41, 5.74) is 1.06. The number of hydrogen-bond acceptors (Lipinski definition) is 4. The molecule has 0 aromatic heterocycles. The number of carbonyl (C=O) groups excluding carboxylic acids is 2. The average Bonchev–Trinajstić information content (AvgIpc) is 2.67. The first kappa shape index (κ1) is 14.5. The number of carbonyl (C=O) groups is 2. The molecule has 1 fully saturated rings. The number of likely N-dealkylation sites (tertiary alicyclic amines) is 1. The molecule has 2 atom stereocenters. The second kappa shape index (κ2) is 6.05. The fourth-order valence-electron chi connectivity index (χ4n) is 2.30. The largest absolute Gasteiger partial charge is 0.494 e. The molecule has 0 saturated carbocycles. The van der Waals surface area contributed by atoms with E-state index in [-0.39, 0.29) is 24.3 Å². The number of nitrogens with zero attached hydrogens (tertiary/aromatic N) is 1. The van der Waals surface area contributed by atoms with Crippen LogP contribution in [0.4, 0.5) is 0 Å². The van der Waals surface area contributed by atoms with Crippen molar-refractivity contribution < 1.29 is 14.3 Å². The molecule has 2 rings (SSSR count). The van der Waals surface area contributed by atoms with E-state index in [1.165, 1.54) is 11.9 Å². The molecule has 0 spiro atoms. The van der Waals surface area contributed by atoms with Crippen molar-refractivity contribution in [1.29, 1.82) is 0 Å². The van der Waals surface area contributed by atoms with Crippen LogP contribution >= 0.6 is 0 Å². The number of benzene rings is 1. The van der Waals surface area contributed by atoms with Crippen LogP contribution in [0.5, 0.6) is 5.75 Å². The SMILES string of the molecule is CCOc1ccc(C(C)NC2CC(=O)N(C)C2=O)cc1. The van der Waals surface area contributed by atoms with Gasteiger partial charge in [-0.1, -0.05) is 12.1 Å². The van der Waals surface area contributed by atoms with Crippen LogP contribution in [0.15, 0.2) is 24.3 Å². The minimum atomic E-state index is -0.422. The Labute approximate surface area is 118 Å². The summed E-state index contributed by atoms with van der Waals surface area (Å²) in [6.45, 7) is 4.56. The molecule has 0 bridgehead atoms. The third-order valence-corrected chi connectivity index (χ3v) is 3.52. The van der Waals surface area contributed by atoms with Crippen LogP contribution in [0, 0.1) is 0 Å². The predicted octanol–water partition coefficient (Wildman–Crippen LogP) is 1.49. The van der Waals surface area contributed by atoms with Crippen LogP contribution in [0.25, 0.3) is 0 Å². The summed E-state index contributed by atoms with van der Waals surface area (Å²) in [4.78, 5) is 24.5. The summed E-state index contributed by atoms with van der Waals surface area (Å²) >= 11 is 0. The molecular weight excluding hydrogens is 256 g/mol. The van der Waals surface area contributed by atoms with Crippen LogP contribution in [0.1, 0.15) is 31.9 Å². The van der Waals surface area contributed by atoms with Crippen molar-refractivity contribution in [2.75, 3.05) is 13.7 Å². The molecule has 1 saturated heterocycles. The first-order valence-corrected chi connectivity index (χ1v) is 6.82. The molecule has 20 heavy (non-hydrogen) atoms. The van der Waals surface area contributed by atoms with E-state index in [1.54, 1.807) is 0 Å². The van der Waals surface area contributed by atoms with Crippen LogP contribution < -0.4 is 10.1 Å². The van der Waals surface area contributed by atoms with Crippen molar-refractivity contribution in [1.82, 2.24) is 10.2 Å². The summed E-state index contributed by atoms with van der Waals surface area (Å²) in [7, 11) is 1.52. The maximum Gasteiger partial charge on any atom is 0.246 e. The van der Waals surface area contributed by atoms with E-state index in [1.807, 2.05) is 38.1 Å². The summed E-state index contributed by atoms with van der Waals surface area (Å²) in [6.07, 6.45) is 0.233. The summed E-state index contributed by atoms with van der Waals surface area (Å²) in [5, 5.41) is 3.20. The highest BCUT2D eigenvalue weighted by atomic mass is 16.5. The molecule has 2 unspecified atom stereocenters. The molecule has 5 nitrogen and oxygen atoms in total. The van der Waals surface area contributed by atoms with Gasteiger partial charge >= 0.3 is 0 Å². The van der Waals surface area contributed by atoms with E-state index in [4.69, 9.17) is 4.74 Å². The molecule has 5 heteroatoms. The second-order valence-electron chi connectivity index (χ2n) is 4.94. The molecule has 2 amide bonds. The Morgan fingerprint density at radius 3 is 2.50 bits per heavy atom. The summed E-state index contributed by atoms with van der Waals surface area (Å²) < 4.78 is 5.39. The zero-order valence-electron chi connectivity index (χ0n) is 12.1. The quantitative estimate of drug-likeness (QED) is 0.828. The third-order valence-electron chi connectivity index (χ3n) is 3.52. The number of ether oxygens (including phenoxy) is 1. The van der Waals surface area contributed by atoms with Gasteiger partial charge in [-0.3, -0.25) is 19.8 Å². The van der Waals surface area contributed by atoms with E-state index in [9.17, 15) is 9.59 Å². The van der Waals surface area contributed by atoms with E-state index in [2.05, 4.69) is 5.32 Å². The van der Waals surface area contributed by atoms with Gasteiger partial charge in [-0.05, 0) is 31.5 Å². The van der Waals surface area contributed by atoms with Gasteiger partial charge in [0.1, 0.15) is 5.75 Å². The molecule has 1 N–H and O–H groups in total. The van der Waals surface area contributed by atoms with Gasteiger partial charge in [-0.25, -0.2) is 0 Å². The topological polar surface area (TPSA) is 58.6 Å². The third kappa shape index (κ3) is 2.99. The normalized spacial score (nSPS) is 20.4. The van der Waals surface area contributed by atoms with Crippen molar-refractivity contribution in [2.24, 2.45) is 0 Å². The fraction of sp³-hybridized carbons (Fsp3) is 0.467. The Kier molecular flexibility index (Phi) is 4.39. The Bertz CT molecular complexity index is 498. The molecule has 1 aliphatic heterocycles. The number of hydrogen-bond donors (Lipinski definition) is 1. The van der Waals surface area contributed by atoms with E-state index in [0.29, 0.717) is 6.61 Å². The van der Waals surface area contributed by atoms with Gasteiger partial charge < -0.3 is 4.74 Å². The number of nitrogens with one attached hydrogen (secondary N) is 1. The summed E-state index contributed by atoms with van der Waals surface area (Å²) in [6, 6.07) is 7.32.